The van der Waals surface area contributed by atoms with Gasteiger partial charge in [0.2, 0.25) is 0 Å². The molecule has 3 aliphatic rings. The van der Waals surface area contributed by atoms with Gasteiger partial charge in [0.25, 0.3) is 0 Å². The quantitative estimate of drug-likeness (QED) is 0.163. The van der Waals surface area contributed by atoms with E-state index in [1.54, 1.807) is 48.5 Å². The van der Waals surface area contributed by atoms with Crippen LogP contribution in [0.15, 0.2) is 0 Å². The molecule has 0 aliphatic carbocycles. The summed E-state index contributed by atoms with van der Waals surface area (Å²) in [4.78, 5) is 55.6. The number of Topliss-reactive ketones (excluding diaryl/α,β-unsaturated/α-hetero) is 1. The van der Waals surface area contributed by atoms with Crippen molar-refractivity contribution in [2.45, 2.75) is 199 Å². The maximum Gasteiger partial charge on any atom is 0.311 e. The van der Waals surface area contributed by atoms with Crippen LogP contribution in [0.4, 0.5) is 0 Å². The molecule has 3 aliphatic heterocycles. The van der Waals surface area contributed by atoms with Crippen molar-refractivity contribution in [1.82, 2.24) is 4.90 Å². The first-order valence-electron chi connectivity index (χ1n) is 21.5. The van der Waals surface area contributed by atoms with Gasteiger partial charge < -0.3 is 63.2 Å². The van der Waals surface area contributed by atoms with Crippen molar-refractivity contribution in [3.8, 4) is 0 Å². The molecular weight excluding hydrogens is 786 g/mol. The van der Waals surface area contributed by atoms with Gasteiger partial charge in [-0.3, -0.25) is 19.2 Å². The fraction of sp³-hybridized carbons (Fsp3) is 0.907. The van der Waals surface area contributed by atoms with E-state index in [-0.39, 0.29) is 38.7 Å². The highest BCUT2D eigenvalue weighted by atomic mass is 16.7. The Balaban J connectivity index is 2.22. The van der Waals surface area contributed by atoms with Crippen molar-refractivity contribution >= 4 is 23.7 Å². The molecule has 0 spiro atoms. The van der Waals surface area contributed by atoms with Crippen molar-refractivity contribution < 1.29 is 77.5 Å². The number of esters is 3. The van der Waals surface area contributed by atoms with Crippen LogP contribution in [0.1, 0.15) is 115 Å². The molecule has 3 heterocycles. The van der Waals surface area contributed by atoms with Crippen LogP contribution in [0.3, 0.4) is 0 Å². The minimum atomic E-state index is -2.04. The third kappa shape index (κ3) is 12.2. The summed E-state index contributed by atoms with van der Waals surface area (Å²) in [5.74, 6) is -6.64. The van der Waals surface area contributed by atoms with Crippen LogP contribution in [0.2, 0.25) is 0 Å². The molecule has 0 radical (unpaired) electrons. The summed E-state index contributed by atoms with van der Waals surface area (Å²) in [6, 6.07) is -0.443. The first kappa shape index (κ1) is 52.0. The molecule has 348 valence electrons. The SMILES string of the molecule is CCOC(=O)CCC(=O)O[C@@H]1[C@@H](O[C@@H]2[C@@H](C)[C@H](O[C@@H]3C[C@@](C)(OC)[C@@H](O)[C@H](C)O3)[C@@H](C)C(=O)O[C@H](CC)[C@](C)(O)[C@H](O)[C@@H](C)C(=O)[C@H](C)C[C@@]2(C)O)O[C@@H](C)C[C@H]1N(C)C. The molecule has 0 aromatic carbocycles. The van der Waals surface area contributed by atoms with Gasteiger partial charge in [-0.05, 0) is 81.8 Å². The number of aliphatic hydroxyl groups is 4. The third-order valence-electron chi connectivity index (χ3n) is 12.9. The molecule has 18 atom stereocenters. The highest BCUT2D eigenvalue weighted by Crippen LogP contribution is 2.41. The van der Waals surface area contributed by atoms with Gasteiger partial charge in [-0.1, -0.05) is 27.7 Å². The molecule has 0 unspecified atom stereocenters. The van der Waals surface area contributed by atoms with Crippen LogP contribution in [0.25, 0.3) is 0 Å². The molecule has 0 amide bonds. The van der Waals surface area contributed by atoms with E-state index >= 15 is 0 Å². The number of likely N-dealkylation sites (N-methyl/N-ethyl adjacent to an activating group) is 1. The molecule has 0 aromatic rings. The Hall–Kier alpha value is -2.32. The number of cyclic esters (lactones) is 1. The van der Waals surface area contributed by atoms with E-state index in [0.29, 0.717) is 6.42 Å². The Kier molecular flexibility index (Phi) is 18.5. The zero-order valence-corrected chi connectivity index (χ0v) is 38.2. The predicted molar refractivity (Wildman–Crippen MR) is 216 cm³/mol. The number of ketones is 1. The second-order valence-electron chi connectivity index (χ2n) is 18.2. The van der Waals surface area contributed by atoms with E-state index in [0.717, 1.165) is 0 Å². The number of ether oxygens (including phenoxy) is 8. The van der Waals surface area contributed by atoms with Crippen molar-refractivity contribution in [1.29, 1.82) is 0 Å². The zero-order valence-electron chi connectivity index (χ0n) is 38.2. The van der Waals surface area contributed by atoms with E-state index < -0.39 is 132 Å². The van der Waals surface area contributed by atoms with E-state index in [9.17, 15) is 39.6 Å². The van der Waals surface area contributed by atoms with Gasteiger partial charge in [-0.2, -0.15) is 0 Å². The predicted octanol–water partition coefficient (Wildman–Crippen LogP) is 2.68. The minimum Gasteiger partial charge on any atom is -0.466 e. The lowest BCUT2D eigenvalue weighted by Gasteiger charge is -2.49. The molecule has 17 heteroatoms. The van der Waals surface area contributed by atoms with E-state index in [4.69, 9.17) is 37.9 Å². The fourth-order valence-electron chi connectivity index (χ4n) is 9.17. The molecule has 3 rings (SSSR count). The van der Waals surface area contributed by atoms with Gasteiger partial charge >= 0.3 is 17.9 Å². The summed E-state index contributed by atoms with van der Waals surface area (Å²) in [6.07, 6.45) is -11.1. The number of nitrogens with zero attached hydrogens (tertiary/aromatic N) is 1. The Labute approximate surface area is 356 Å². The Morgan fingerprint density at radius 1 is 0.850 bits per heavy atom. The number of carbonyl (C=O) groups is 4. The largest absolute Gasteiger partial charge is 0.466 e. The van der Waals surface area contributed by atoms with Gasteiger partial charge in [0.15, 0.2) is 18.7 Å². The number of hydrogen-bond acceptors (Lipinski definition) is 17. The minimum absolute atomic E-state index is 0.0431. The lowest BCUT2D eigenvalue weighted by molar-refractivity contribution is -0.319. The number of carbonyl (C=O) groups excluding carboxylic acids is 4. The first-order chi connectivity index (χ1) is 27.8. The summed E-state index contributed by atoms with van der Waals surface area (Å²) in [5, 5.41) is 46.8. The lowest BCUT2D eigenvalue weighted by Crippen LogP contribution is -2.61. The number of hydrogen-bond donors (Lipinski definition) is 4. The van der Waals surface area contributed by atoms with Crippen molar-refractivity contribution in [3.05, 3.63) is 0 Å². The van der Waals surface area contributed by atoms with Crippen LogP contribution >= 0.6 is 0 Å². The summed E-state index contributed by atoms with van der Waals surface area (Å²) < 4.78 is 48.8. The Morgan fingerprint density at radius 2 is 1.47 bits per heavy atom. The smallest absolute Gasteiger partial charge is 0.311 e. The number of aliphatic hydroxyl groups excluding tert-OH is 2. The van der Waals surface area contributed by atoms with Gasteiger partial charge in [-0.25, -0.2) is 0 Å². The zero-order chi connectivity index (χ0) is 45.7. The van der Waals surface area contributed by atoms with E-state index in [1.807, 2.05) is 25.9 Å². The Bertz CT molecular complexity index is 1440. The van der Waals surface area contributed by atoms with Crippen molar-refractivity contribution in [2.24, 2.45) is 23.7 Å². The summed E-state index contributed by atoms with van der Waals surface area (Å²) >= 11 is 0. The van der Waals surface area contributed by atoms with Gasteiger partial charge in [0, 0.05) is 31.3 Å². The molecular formula is C43H75NO16. The fourth-order valence-corrected chi connectivity index (χ4v) is 9.17. The molecule has 3 fully saturated rings. The van der Waals surface area contributed by atoms with Crippen LogP contribution in [-0.4, -0.2) is 161 Å². The van der Waals surface area contributed by atoms with Crippen LogP contribution in [-0.2, 0) is 57.1 Å². The van der Waals surface area contributed by atoms with Crippen molar-refractivity contribution in [3.63, 3.8) is 0 Å². The van der Waals surface area contributed by atoms with Crippen LogP contribution < -0.4 is 0 Å². The number of rotatable bonds is 12. The Morgan fingerprint density at radius 3 is 2.03 bits per heavy atom. The second-order valence-corrected chi connectivity index (χ2v) is 18.2. The summed E-state index contributed by atoms with van der Waals surface area (Å²) in [6.45, 7) is 17.9. The third-order valence-corrected chi connectivity index (χ3v) is 12.9. The highest BCUT2D eigenvalue weighted by Gasteiger charge is 2.54. The molecule has 0 aromatic heterocycles. The highest BCUT2D eigenvalue weighted by molar-refractivity contribution is 5.83. The maximum absolute atomic E-state index is 14.3. The summed E-state index contributed by atoms with van der Waals surface area (Å²) in [5.41, 5.74) is -5.06. The lowest BCUT2D eigenvalue weighted by atomic mass is 9.74. The van der Waals surface area contributed by atoms with E-state index in [2.05, 4.69) is 0 Å². The van der Waals surface area contributed by atoms with Crippen molar-refractivity contribution in [2.75, 3.05) is 27.8 Å². The molecule has 4 N–H and O–H groups in total. The summed E-state index contributed by atoms with van der Waals surface area (Å²) in [7, 11) is 5.09. The van der Waals surface area contributed by atoms with Gasteiger partial charge in [0.1, 0.15) is 23.6 Å². The number of methoxy groups -OCH3 is 1. The van der Waals surface area contributed by atoms with Gasteiger partial charge in [-0.15, -0.1) is 0 Å². The standard InChI is InChI=1S/C43H75NO16/c1-15-29-43(11,52)36(48)24(5)33(47)22(3)20-41(9,51)38(25(6)34(26(7)39(50)57-29)59-32-21-42(10,53-14)37(49)27(8)56-32)60-40-35(28(44(12)13)19-23(4)55-40)58-31(46)18-17-30(45)54-16-2/h22-29,32,34-38,40,48-49,51-52H,15-21H2,1-14H3/t22-,23+,24+,25+,26-,27+,28-,29-,32-,34+,35+,36-,37+,38-,40-,41-,42-,43+/m1/s1. The molecule has 0 bridgehead atoms. The topological polar surface area (TPSA) is 226 Å². The molecule has 17 nitrogen and oxygen atoms in total. The molecule has 60 heavy (non-hydrogen) atoms. The average Bonchev–Trinajstić information content (AvgIpc) is 3.17. The van der Waals surface area contributed by atoms with E-state index in [1.165, 1.54) is 27.9 Å². The second kappa shape index (κ2) is 21.4. The average molecular weight is 862 g/mol. The van der Waals surface area contributed by atoms with Gasteiger partial charge in [0.05, 0.1) is 73.1 Å². The van der Waals surface area contributed by atoms with Crippen LogP contribution in [0, 0.1) is 23.7 Å². The van der Waals surface area contributed by atoms with Crippen LogP contribution in [0.5, 0.6) is 0 Å². The first-order valence-corrected chi connectivity index (χ1v) is 21.5. The normalized spacial score (nSPS) is 43.8. The maximum atomic E-state index is 14.3. The molecule has 0 saturated carbocycles. The monoisotopic (exact) mass is 862 g/mol. The molecule has 3 saturated heterocycles.